The Balaban J connectivity index is 1.72. The zero-order valence-electron chi connectivity index (χ0n) is 17.0. The van der Waals surface area contributed by atoms with Crippen molar-refractivity contribution in [2.75, 3.05) is 34.3 Å². The molecule has 0 radical (unpaired) electrons. The molecule has 0 amide bonds. The van der Waals surface area contributed by atoms with Gasteiger partial charge in [0.25, 0.3) is 10.2 Å². The Bertz CT molecular complexity index is 1230. The van der Waals surface area contributed by atoms with Crippen molar-refractivity contribution in [3.63, 3.8) is 0 Å². The first kappa shape index (κ1) is 20.5. The SMILES string of the molecule is COc1ccc(F)cc1-c1ccnc2[nH]c(C3=CCN(S(=O)(=O)N(C)C)CC3)cc12. The fraction of sp³-hybridized carbons (Fsp3) is 0.286. The van der Waals surface area contributed by atoms with Crippen molar-refractivity contribution in [1.82, 2.24) is 18.6 Å². The first-order valence-electron chi connectivity index (χ1n) is 9.50. The molecule has 0 unspecified atom stereocenters. The van der Waals surface area contributed by atoms with Crippen molar-refractivity contribution in [2.24, 2.45) is 0 Å². The van der Waals surface area contributed by atoms with Gasteiger partial charge in [-0.05, 0) is 47.9 Å². The van der Waals surface area contributed by atoms with Gasteiger partial charge in [-0.1, -0.05) is 6.08 Å². The van der Waals surface area contributed by atoms with Crippen LogP contribution >= 0.6 is 0 Å². The number of fused-ring (bicyclic) bond motifs is 1. The van der Waals surface area contributed by atoms with Crippen LogP contribution in [0.15, 0.2) is 42.6 Å². The quantitative estimate of drug-likeness (QED) is 0.674. The number of benzene rings is 1. The van der Waals surface area contributed by atoms with Crippen molar-refractivity contribution in [3.8, 4) is 16.9 Å². The Kier molecular flexibility index (Phi) is 5.35. The zero-order chi connectivity index (χ0) is 21.5. The van der Waals surface area contributed by atoms with E-state index in [4.69, 9.17) is 4.74 Å². The molecule has 3 heterocycles. The fourth-order valence-electron chi connectivity index (χ4n) is 3.66. The minimum absolute atomic E-state index is 0.309. The van der Waals surface area contributed by atoms with Gasteiger partial charge in [-0.3, -0.25) is 0 Å². The van der Waals surface area contributed by atoms with E-state index in [9.17, 15) is 12.8 Å². The molecule has 0 saturated carbocycles. The highest BCUT2D eigenvalue weighted by molar-refractivity contribution is 7.86. The van der Waals surface area contributed by atoms with Gasteiger partial charge in [0.2, 0.25) is 0 Å². The highest BCUT2D eigenvalue weighted by Crippen LogP contribution is 2.36. The van der Waals surface area contributed by atoms with E-state index in [1.807, 2.05) is 18.2 Å². The lowest BCUT2D eigenvalue weighted by molar-refractivity contribution is 0.396. The van der Waals surface area contributed by atoms with Crippen LogP contribution in [-0.4, -0.2) is 61.3 Å². The van der Waals surface area contributed by atoms with Gasteiger partial charge in [0.15, 0.2) is 0 Å². The molecule has 1 aliphatic rings. The summed E-state index contributed by atoms with van der Waals surface area (Å²) in [6.07, 6.45) is 4.17. The summed E-state index contributed by atoms with van der Waals surface area (Å²) in [6, 6.07) is 8.23. The summed E-state index contributed by atoms with van der Waals surface area (Å²) >= 11 is 0. The molecule has 2 aromatic heterocycles. The van der Waals surface area contributed by atoms with Crippen LogP contribution < -0.4 is 4.74 Å². The monoisotopic (exact) mass is 430 g/mol. The van der Waals surface area contributed by atoms with Gasteiger partial charge >= 0.3 is 0 Å². The second-order valence-corrected chi connectivity index (χ2v) is 9.42. The average Bonchev–Trinajstić information content (AvgIpc) is 3.18. The molecule has 0 aliphatic carbocycles. The second kappa shape index (κ2) is 7.82. The molecule has 0 fully saturated rings. The minimum atomic E-state index is -3.43. The Hall–Kier alpha value is -2.75. The number of aromatic amines is 1. The predicted octanol–water partition coefficient (Wildman–Crippen LogP) is 3.27. The molecule has 0 atom stereocenters. The highest BCUT2D eigenvalue weighted by atomic mass is 32.2. The summed E-state index contributed by atoms with van der Waals surface area (Å²) in [6.45, 7) is 0.711. The molecular weight excluding hydrogens is 407 g/mol. The molecule has 0 bridgehead atoms. The van der Waals surface area contributed by atoms with E-state index in [0.717, 1.165) is 22.2 Å². The Labute approximate surface area is 175 Å². The maximum Gasteiger partial charge on any atom is 0.281 e. The summed E-state index contributed by atoms with van der Waals surface area (Å²) in [7, 11) is 1.17. The first-order chi connectivity index (χ1) is 14.3. The average molecular weight is 431 g/mol. The summed E-state index contributed by atoms with van der Waals surface area (Å²) in [4.78, 5) is 7.72. The van der Waals surface area contributed by atoms with E-state index in [1.165, 1.54) is 34.8 Å². The number of nitrogens with zero attached hydrogens (tertiary/aromatic N) is 3. The van der Waals surface area contributed by atoms with Gasteiger partial charge in [-0.2, -0.15) is 17.0 Å². The molecule has 158 valence electrons. The number of H-pyrrole nitrogens is 1. The number of aromatic nitrogens is 2. The number of rotatable bonds is 5. The largest absolute Gasteiger partial charge is 0.496 e. The number of methoxy groups -OCH3 is 1. The maximum absolute atomic E-state index is 13.9. The summed E-state index contributed by atoms with van der Waals surface area (Å²) in [5, 5.41) is 0.848. The number of ether oxygens (including phenoxy) is 1. The molecule has 9 heteroatoms. The fourth-order valence-corrected chi connectivity index (χ4v) is 4.71. The number of halogens is 1. The van der Waals surface area contributed by atoms with Crippen LogP contribution in [0.4, 0.5) is 4.39 Å². The molecule has 1 aromatic carbocycles. The van der Waals surface area contributed by atoms with Crippen LogP contribution in [0.5, 0.6) is 5.75 Å². The number of hydrogen-bond acceptors (Lipinski definition) is 4. The molecule has 1 aliphatic heterocycles. The standard InChI is InChI=1S/C21H23FN4O3S/c1-25(2)30(27,28)26-10-7-14(8-11-26)19-13-18-16(6-9-23-21(18)24-19)17-12-15(22)4-5-20(17)29-3/h4-7,9,12-13H,8,10-11H2,1-3H3,(H,23,24). The maximum atomic E-state index is 13.9. The smallest absolute Gasteiger partial charge is 0.281 e. The third kappa shape index (κ3) is 3.60. The van der Waals surface area contributed by atoms with Crippen molar-refractivity contribution in [2.45, 2.75) is 6.42 Å². The number of hydrogen-bond donors (Lipinski definition) is 1. The molecule has 7 nitrogen and oxygen atoms in total. The molecule has 30 heavy (non-hydrogen) atoms. The van der Waals surface area contributed by atoms with Crippen molar-refractivity contribution in [1.29, 1.82) is 0 Å². The molecular formula is C21H23FN4O3S. The van der Waals surface area contributed by atoms with Crippen molar-refractivity contribution < 1.29 is 17.5 Å². The van der Waals surface area contributed by atoms with Crippen LogP contribution in [0.1, 0.15) is 12.1 Å². The van der Waals surface area contributed by atoms with E-state index in [0.29, 0.717) is 36.5 Å². The topological polar surface area (TPSA) is 78.5 Å². The summed E-state index contributed by atoms with van der Waals surface area (Å²) < 4.78 is 46.6. The van der Waals surface area contributed by atoms with Crippen LogP contribution in [0.3, 0.4) is 0 Å². The first-order valence-corrected chi connectivity index (χ1v) is 10.9. The summed E-state index contributed by atoms with van der Waals surface area (Å²) in [5.74, 6) is 0.233. The van der Waals surface area contributed by atoms with Gasteiger partial charge in [0.1, 0.15) is 17.2 Å². The summed E-state index contributed by atoms with van der Waals surface area (Å²) in [5.41, 5.74) is 4.04. The molecule has 4 rings (SSSR count). The number of nitrogens with one attached hydrogen (secondary N) is 1. The van der Waals surface area contributed by atoms with Gasteiger partial charge in [-0.25, -0.2) is 9.37 Å². The highest BCUT2D eigenvalue weighted by Gasteiger charge is 2.27. The predicted molar refractivity (Wildman–Crippen MR) is 115 cm³/mol. The van der Waals surface area contributed by atoms with E-state index in [2.05, 4.69) is 9.97 Å². The van der Waals surface area contributed by atoms with Gasteiger partial charge in [0.05, 0.1) is 7.11 Å². The van der Waals surface area contributed by atoms with E-state index < -0.39 is 10.2 Å². The lowest BCUT2D eigenvalue weighted by Crippen LogP contribution is -2.42. The minimum Gasteiger partial charge on any atom is -0.496 e. The van der Waals surface area contributed by atoms with Crippen LogP contribution in [0.2, 0.25) is 0 Å². The van der Waals surface area contributed by atoms with Gasteiger partial charge < -0.3 is 9.72 Å². The van der Waals surface area contributed by atoms with Crippen LogP contribution in [0, 0.1) is 5.82 Å². The number of pyridine rings is 1. The van der Waals surface area contributed by atoms with E-state index in [1.54, 1.807) is 19.4 Å². The zero-order valence-corrected chi connectivity index (χ0v) is 17.8. The van der Waals surface area contributed by atoms with Crippen LogP contribution in [0.25, 0.3) is 27.7 Å². The van der Waals surface area contributed by atoms with Crippen molar-refractivity contribution >= 4 is 26.8 Å². The van der Waals surface area contributed by atoms with Gasteiger partial charge in [-0.15, -0.1) is 0 Å². The Morgan fingerprint density at radius 1 is 1.20 bits per heavy atom. The molecule has 1 N–H and O–H groups in total. The third-order valence-electron chi connectivity index (χ3n) is 5.29. The third-order valence-corrected chi connectivity index (χ3v) is 7.20. The second-order valence-electron chi connectivity index (χ2n) is 7.28. The molecule has 0 saturated heterocycles. The Morgan fingerprint density at radius 3 is 2.67 bits per heavy atom. The lowest BCUT2D eigenvalue weighted by Gasteiger charge is -2.27. The molecule has 3 aromatic rings. The van der Waals surface area contributed by atoms with Gasteiger partial charge in [0, 0.05) is 50.0 Å². The van der Waals surface area contributed by atoms with E-state index in [-0.39, 0.29) is 5.82 Å². The molecule has 0 spiro atoms. The lowest BCUT2D eigenvalue weighted by atomic mass is 10.0. The van der Waals surface area contributed by atoms with E-state index >= 15 is 0 Å². The Morgan fingerprint density at radius 2 is 2.00 bits per heavy atom. The van der Waals surface area contributed by atoms with Crippen molar-refractivity contribution in [3.05, 3.63) is 54.1 Å². The van der Waals surface area contributed by atoms with Crippen LogP contribution in [-0.2, 0) is 10.2 Å². The normalized spacial score (nSPS) is 15.6.